The smallest absolute Gasteiger partial charge is 0.303 e. The Morgan fingerprint density at radius 2 is 1.40 bits per heavy atom. The Morgan fingerprint density at radius 1 is 0.920 bits per heavy atom. The summed E-state index contributed by atoms with van der Waals surface area (Å²) in [6, 6.07) is 0. The molecular formula is C19H29ClO4Ti-2. The molecule has 0 amide bonds. The molecule has 0 fully saturated rings. The number of carboxylic acids is 2. The molecule has 3 rings (SSSR count). The van der Waals surface area contributed by atoms with Crippen molar-refractivity contribution in [2.45, 2.75) is 78.1 Å². The van der Waals surface area contributed by atoms with Crippen LogP contribution in [0.25, 0.3) is 0 Å². The van der Waals surface area contributed by atoms with Crippen molar-refractivity contribution in [3.63, 3.8) is 0 Å². The largest absolute Gasteiger partial charge is 1.00 e. The van der Waals surface area contributed by atoms with Gasteiger partial charge in [-0.1, -0.05) is 38.7 Å². The van der Waals surface area contributed by atoms with E-state index >= 15 is 0 Å². The molecule has 0 saturated heterocycles. The third-order valence-electron chi connectivity index (χ3n) is 4.36. The summed E-state index contributed by atoms with van der Waals surface area (Å²) in [5.74, 6) is -1.49. The number of hydrogen-bond donors (Lipinski definition) is 2. The quantitative estimate of drug-likeness (QED) is 0.544. The molecule has 4 nitrogen and oxygen atoms in total. The molecule has 142 valence electrons. The summed E-state index contributed by atoms with van der Waals surface area (Å²) in [7, 11) is 0. The second-order valence-corrected chi connectivity index (χ2v) is 6.06. The fourth-order valence-electron chi connectivity index (χ4n) is 3.12. The maximum absolute atomic E-state index is 9.37. The van der Waals surface area contributed by atoms with Gasteiger partial charge in [-0.3, -0.25) is 9.59 Å². The topological polar surface area (TPSA) is 74.6 Å². The first-order chi connectivity index (χ1) is 11.0. The second-order valence-electron chi connectivity index (χ2n) is 6.06. The Hall–Kier alpha value is -0.706. The molecule has 0 unspecified atom stereocenters. The van der Waals surface area contributed by atoms with Gasteiger partial charge in [0.2, 0.25) is 0 Å². The third kappa shape index (κ3) is 9.53. The summed E-state index contributed by atoms with van der Waals surface area (Å²) in [4.78, 5) is 18.7. The van der Waals surface area contributed by atoms with Gasteiger partial charge in [0.05, 0.1) is 0 Å². The molecule has 3 aliphatic carbocycles. The van der Waals surface area contributed by atoms with Crippen LogP contribution in [0.4, 0.5) is 0 Å². The molecular weight excluding hydrogens is 376 g/mol. The number of hydrogen-bond acceptors (Lipinski definition) is 2. The zero-order valence-corrected chi connectivity index (χ0v) is 17.6. The minimum atomic E-state index is -0.745. The van der Waals surface area contributed by atoms with Crippen molar-refractivity contribution in [3.05, 3.63) is 28.7 Å². The fourth-order valence-corrected chi connectivity index (χ4v) is 3.12. The van der Waals surface area contributed by atoms with Crippen LogP contribution in [0.5, 0.6) is 0 Å². The predicted molar refractivity (Wildman–Crippen MR) is 91.1 cm³/mol. The van der Waals surface area contributed by atoms with E-state index in [1.54, 1.807) is 36.1 Å². The SMILES string of the molecule is CCC(=O)O.CCC(=O)O.[CH-]1CCCC2=C1CC1=C2CCCC1.[Cl-].[Ti]. The van der Waals surface area contributed by atoms with Crippen LogP contribution in [0, 0.1) is 6.42 Å². The molecule has 6 heteroatoms. The average molecular weight is 405 g/mol. The van der Waals surface area contributed by atoms with Gasteiger partial charge in [0, 0.05) is 34.6 Å². The minimum Gasteiger partial charge on any atom is -1.00 e. The van der Waals surface area contributed by atoms with Gasteiger partial charge >= 0.3 is 11.9 Å². The van der Waals surface area contributed by atoms with Crippen LogP contribution in [0.1, 0.15) is 78.1 Å². The first-order valence-electron chi connectivity index (χ1n) is 8.69. The first-order valence-corrected chi connectivity index (χ1v) is 8.69. The summed E-state index contributed by atoms with van der Waals surface area (Å²) in [6.07, 6.45) is 14.1. The minimum absolute atomic E-state index is 0. The maximum atomic E-state index is 9.37. The monoisotopic (exact) mass is 404 g/mol. The van der Waals surface area contributed by atoms with Gasteiger partial charge in [-0.15, -0.1) is 12.0 Å². The molecule has 25 heavy (non-hydrogen) atoms. The van der Waals surface area contributed by atoms with Crippen LogP contribution in [0.3, 0.4) is 0 Å². The van der Waals surface area contributed by atoms with Crippen LogP contribution in [-0.4, -0.2) is 22.2 Å². The van der Waals surface area contributed by atoms with E-state index in [0.29, 0.717) is 0 Å². The molecule has 0 radical (unpaired) electrons. The van der Waals surface area contributed by atoms with E-state index in [1.807, 2.05) is 0 Å². The number of carbonyl (C=O) groups is 2. The van der Waals surface area contributed by atoms with Gasteiger partial charge < -0.3 is 22.6 Å². The Balaban J connectivity index is 0. The van der Waals surface area contributed by atoms with Crippen molar-refractivity contribution in [3.8, 4) is 0 Å². The van der Waals surface area contributed by atoms with Gasteiger partial charge in [0.1, 0.15) is 0 Å². The Bertz CT molecular complexity index is 454. The number of aliphatic carboxylic acids is 2. The van der Waals surface area contributed by atoms with E-state index < -0.39 is 11.9 Å². The molecule has 0 spiro atoms. The van der Waals surface area contributed by atoms with Crippen molar-refractivity contribution in [1.82, 2.24) is 0 Å². The van der Waals surface area contributed by atoms with E-state index in [-0.39, 0.29) is 47.0 Å². The molecule has 0 aromatic heterocycles. The van der Waals surface area contributed by atoms with Crippen molar-refractivity contribution < 1.29 is 53.9 Å². The van der Waals surface area contributed by atoms with Crippen LogP contribution in [-0.2, 0) is 31.3 Å². The predicted octanol–water partition coefficient (Wildman–Crippen LogP) is 1.91. The van der Waals surface area contributed by atoms with E-state index in [0.717, 1.165) is 0 Å². The Labute approximate surface area is 172 Å². The molecule has 0 saturated carbocycles. The van der Waals surface area contributed by atoms with Crippen molar-refractivity contribution in [1.29, 1.82) is 0 Å². The maximum Gasteiger partial charge on any atom is 0.303 e. The van der Waals surface area contributed by atoms with Crippen molar-refractivity contribution >= 4 is 11.9 Å². The van der Waals surface area contributed by atoms with E-state index in [4.69, 9.17) is 10.2 Å². The van der Waals surface area contributed by atoms with Gasteiger partial charge in [-0.25, -0.2) is 12.0 Å². The summed E-state index contributed by atoms with van der Waals surface area (Å²) in [5.41, 5.74) is 7.06. The second kappa shape index (κ2) is 14.5. The molecule has 0 aliphatic heterocycles. The standard InChI is InChI=1S/C13H17.2C3H6O2.ClH.Ti/c1-3-7-12-10(5-1)9-11-6-2-4-8-13(11)12;2*1-2-3(4)5;;/h5H,1-4,6-9H2;2*2H2,1H3,(H,4,5);1H;/q-1;;;;/p-1. The summed E-state index contributed by atoms with van der Waals surface area (Å²) >= 11 is 0. The summed E-state index contributed by atoms with van der Waals surface area (Å²) < 4.78 is 0. The molecule has 0 atom stereocenters. The van der Waals surface area contributed by atoms with Crippen LogP contribution < -0.4 is 12.4 Å². The Morgan fingerprint density at radius 3 is 1.92 bits per heavy atom. The van der Waals surface area contributed by atoms with Gasteiger partial charge in [-0.05, 0) is 25.7 Å². The zero-order valence-electron chi connectivity index (χ0n) is 15.2. The molecule has 3 aliphatic rings. The number of halogens is 1. The summed E-state index contributed by atoms with van der Waals surface area (Å²) in [6.45, 7) is 3.20. The van der Waals surface area contributed by atoms with Crippen LogP contribution >= 0.6 is 0 Å². The van der Waals surface area contributed by atoms with Gasteiger partial charge in [-0.2, -0.15) is 5.57 Å². The molecule has 0 aromatic carbocycles. The number of carboxylic acid groups (broad SMARTS) is 2. The number of fused-ring (bicyclic) bond motifs is 1. The van der Waals surface area contributed by atoms with E-state index in [1.165, 1.54) is 51.4 Å². The molecule has 2 N–H and O–H groups in total. The van der Waals surface area contributed by atoms with E-state index in [2.05, 4.69) is 6.42 Å². The van der Waals surface area contributed by atoms with Crippen molar-refractivity contribution in [2.24, 2.45) is 0 Å². The summed E-state index contributed by atoms with van der Waals surface area (Å²) in [5, 5.41) is 15.4. The first kappa shape index (κ1) is 26.5. The molecule has 0 bridgehead atoms. The number of rotatable bonds is 2. The molecule has 0 heterocycles. The normalized spacial score (nSPS) is 17.0. The van der Waals surface area contributed by atoms with E-state index in [9.17, 15) is 9.59 Å². The fraction of sp³-hybridized carbons (Fsp3) is 0.632. The molecule has 0 aromatic rings. The third-order valence-corrected chi connectivity index (χ3v) is 4.36. The van der Waals surface area contributed by atoms with Crippen LogP contribution in [0.2, 0.25) is 0 Å². The number of allylic oxidation sites excluding steroid dienone is 4. The van der Waals surface area contributed by atoms with Crippen molar-refractivity contribution in [2.75, 3.05) is 0 Å². The average Bonchev–Trinajstić information content (AvgIpc) is 2.94. The van der Waals surface area contributed by atoms with Gasteiger partial charge in [0.15, 0.2) is 0 Å². The zero-order chi connectivity index (χ0) is 17.2. The van der Waals surface area contributed by atoms with Gasteiger partial charge in [0.25, 0.3) is 0 Å². The van der Waals surface area contributed by atoms with Crippen LogP contribution in [0.15, 0.2) is 22.3 Å². The Kier molecular flexibility index (Phi) is 15.3.